The Bertz CT molecular complexity index is 923. The van der Waals surface area contributed by atoms with Crippen molar-refractivity contribution < 1.29 is 32.8 Å². The number of hydrogen-bond acceptors (Lipinski definition) is 8. The molecule has 0 spiro atoms. The van der Waals surface area contributed by atoms with Gasteiger partial charge in [0, 0.05) is 12.6 Å². The average Bonchev–Trinajstić information content (AvgIpc) is 3.55. The summed E-state index contributed by atoms with van der Waals surface area (Å²) >= 11 is 0. The fourth-order valence-electron chi connectivity index (χ4n) is 5.18. The van der Waals surface area contributed by atoms with Crippen LogP contribution < -0.4 is 15.8 Å². The number of esters is 1. The number of hydrogen-bond donors (Lipinski definition) is 2. The van der Waals surface area contributed by atoms with Crippen molar-refractivity contribution in [3.63, 3.8) is 0 Å². The minimum Gasteiger partial charge on any atom is -0.465 e. The predicted molar refractivity (Wildman–Crippen MR) is 168 cm³/mol. The quantitative estimate of drug-likeness (QED) is 0.0711. The number of aromatic nitrogens is 1. The molecule has 2 heterocycles. The van der Waals surface area contributed by atoms with E-state index < -0.39 is 24.3 Å². The number of ether oxygens (including phenoxy) is 3. The second kappa shape index (κ2) is 22.7. The van der Waals surface area contributed by atoms with Crippen molar-refractivity contribution in [1.82, 2.24) is 10.5 Å². The monoisotopic (exact) mass is 605 g/mol. The number of unbranched alkanes of at least 4 members (excludes halogenated alkanes) is 14. The van der Waals surface area contributed by atoms with Gasteiger partial charge in [0.15, 0.2) is 6.10 Å². The van der Waals surface area contributed by atoms with Crippen molar-refractivity contribution in [2.45, 2.75) is 122 Å². The van der Waals surface area contributed by atoms with E-state index >= 15 is 0 Å². The lowest BCUT2D eigenvalue weighted by molar-refractivity contribution is -0.889. The Morgan fingerprint density at radius 2 is 1.51 bits per heavy atom. The zero-order chi connectivity index (χ0) is 31.0. The van der Waals surface area contributed by atoms with Gasteiger partial charge < -0.3 is 24.1 Å². The average molecular weight is 606 g/mol. The van der Waals surface area contributed by atoms with Gasteiger partial charge in [0.2, 0.25) is 6.17 Å². The normalized spacial score (nSPS) is 17.4. The number of alkyl carbamates (subject to hydrolysis) is 1. The molecule has 43 heavy (non-hydrogen) atoms. The Morgan fingerprint density at radius 1 is 0.907 bits per heavy atom. The Balaban J connectivity index is 1.56. The summed E-state index contributed by atoms with van der Waals surface area (Å²) in [6.07, 6.45) is 26.3. The van der Waals surface area contributed by atoms with Gasteiger partial charge >= 0.3 is 12.1 Å². The number of nitrogens with one attached hydrogen (secondary N) is 1. The van der Waals surface area contributed by atoms with Crippen LogP contribution in [-0.2, 0) is 14.3 Å². The largest absolute Gasteiger partial charge is 0.465 e. The zero-order valence-electron chi connectivity index (χ0n) is 26.7. The van der Waals surface area contributed by atoms with Crippen molar-refractivity contribution in [3.8, 4) is 5.88 Å². The summed E-state index contributed by atoms with van der Waals surface area (Å²) in [6.45, 7) is 5.74. The molecule has 1 aromatic rings. The van der Waals surface area contributed by atoms with Gasteiger partial charge in [-0.15, -0.1) is 0 Å². The number of nitrogens with zero attached hydrogens (tertiary/aromatic N) is 2. The summed E-state index contributed by atoms with van der Waals surface area (Å²) in [6, 6.07) is 1.53. The lowest BCUT2D eigenvalue weighted by Gasteiger charge is -2.37. The number of quaternary nitrogens is 1. The highest BCUT2D eigenvalue weighted by Crippen LogP contribution is 2.17. The third kappa shape index (κ3) is 15.4. The maximum absolute atomic E-state index is 12.8. The fraction of sp³-hybridized carbons (Fsp3) is 0.727. The zero-order valence-corrected chi connectivity index (χ0v) is 26.7. The van der Waals surface area contributed by atoms with Crippen LogP contribution in [-0.4, -0.2) is 66.8 Å². The highest BCUT2D eigenvalue weighted by molar-refractivity contribution is 5.74. The van der Waals surface area contributed by atoms with Crippen LogP contribution in [0.25, 0.3) is 0 Å². The van der Waals surface area contributed by atoms with E-state index in [2.05, 4.69) is 17.4 Å². The predicted octanol–water partition coefficient (Wildman–Crippen LogP) is 6.77. The summed E-state index contributed by atoms with van der Waals surface area (Å²) in [5.74, 6) is -0.360. The smallest absolute Gasteiger partial charge is 0.407 e. The third-order valence-corrected chi connectivity index (χ3v) is 8.02. The molecule has 0 fully saturated rings. The molecule has 10 heteroatoms. The van der Waals surface area contributed by atoms with E-state index in [1.807, 2.05) is 31.4 Å². The fourth-order valence-corrected chi connectivity index (χ4v) is 5.18. The third-order valence-electron chi connectivity index (χ3n) is 8.02. The van der Waals surface area contributed by atoms with Crippen molar-refractivity contribution in [1.29, 1.82) is 0 Å². The van der Waals surface area contributed by atoms with E-state index in [1.54, 1.807) is 0 Å². The number of carbonyl (C=O) groups is 2. The molecule has 0 aliphatic carbocycles. The molecule has 0 radical (unpaired) electrons. The van der Waals surface area contributed by atoms with Gasteiger partial charge in [0.1, 0.15) is 26.0 Å². The van der Waals surface area contributed by atoms with Gasteiger partial charge in [0.25, 0.3) is 5.88 Å². The summed E-state index contributed by atoms with van der Waals surface area (Å²) < 4.78 is 21.6. The Kier molecular flexibility index (Phi) is 19.1. The SMILES string of the molecule is CCCCCCCCCCCCCCCCCNC(=O)OCC(COC(=O)C(N)[N+]1(CC)C=CC=CC1)Oc1ccon1. The minimum absolute atomic E-state index is 0.128. The molecule has 0 saturated heterocycles. The van der Waals surface area contributed by atoms with Crippen LogP contribution in [0.15, 0.2) is 41.3 Å². The molecule has 0 bridgehead atoms. The van der Waals surface area contributed by atoms with E-state index in [0.717, 1.165) is 12.8 Å². The first-order chi connectivity index (χ1) is 21.0. The highest BCUT2D eigenvalue weighted by Gasteiger charge is 2.38. The van der Waals surface area contributed by atoms with Gasteiger partial charge in [-0.3, -0.25) is 10.2 Å². The lowest BCUT2D eigenvalue weighted by Crippen LogP contribution is -2.60. The molecule has 1 aromatic heterocycles. The molecule has 3 N–H and O–H groups in total. The van der Waals surface area contributed by atoms with Gasteiger partial charge in [0.05, 0.1) is 12.7 Å². The molecule has 0 aromatic carbocycles. The van der Waals surface area contributed by atoms with Crippen molar-refractivity contribution in [3.05, 3.63) is 36.8 Å². The lowest BCUT2D eigenvalue weighted by atomic mass is 10.0. The Labute approximate surface area is 258 Å². The van der Waals surface area contributed by atoms with E-state index in [4.69, 9.17) is 24.5 Å². The highest BCUT2D eigenvalue weighted by atomic mass is 16.6. The Morgan fingerprint density at radius 3 is 2.05 bits per heavy atom. The number of rotatable bonds is 25. The molecule has 1 amide bonds. The number of likely N-dealkylation sites (N-methyl/N-ethyl adjacent to an activating group) is 1. The summed E-state index contributed by atoms with van der Waals surface area (Å²) in [7, 11) is 0. The summed E-state index contributed by atoms with van der Waals surface area (Å²) in [5.41, 5.74) is 6.28. The van der Waals surface area contributed by atoms with Crippen LogP contribution >= 0.6 is 0 Å². The van der Waals surface area contributed by atoms with Crippen LogP contribution in [0.1, 0.15) is 110 Å². The van der Waals surface area contributed by atoms with Crippen LogP contribution in [0.5, 0.6) is 5.88 Å². The first kappa shape index (κ1) is 36.3. The molecular formula is C33H57N4O6+. The van der Waals surface area contributed by atoms with Crippen LogP contribution in [0.3, 0.4) is 0 Å². The van der Waals surface area contributed by atoms with E-state index in [1.165, 1.54) is 95.8 Å². The van der Waals surface area contributed by atoms with E-state index in [0.29, 0.717) is 19.6 Å². The summed E-state index contributed by atoms with van der Waals surface area (Å²) in [5, 5.41) is 6.52. The maximum Gasteiger partial charge on any atom is 0.407 e. The van der Waals surface area contributed by atoms with Crippen LogP contribution in [0.4, 0.5) is 4.79 Å². The van der Waals surface area contributed by atoms with Crippen molar-refractivity contribution in [2.75, 3.05) is 32.8 Å². The number of nitrogens with two attached hydrogens (primary N) is 1. The van der Waals surface area contributed by atoms with Gasteiger partial charge in [-0.1, -0.05) is 103 Å². The molecule has 2 rings (SSSR count). The first-order valence-electron chi connectivity index (χ1n) is 16.6. The van der Waals surface area contributed by atoms with Crippen LogP contribution in [0, 0.1) is 0 Å². The topological polar surface area (TPSA) is 126 Å². The second-order valence-corrected chi connectivity index (χ2v) is 11.5. The molecule has 10 nitrogen and oxygen atoms in total. The molecule has 1 aliphatic rings. The Hall–Kier alpha value is -2.85. The van der Waals surface area contributed by atoms with Crippen molar-refractivity contribution in [2.24, 2.45) is 5.73 Å². The second-order valence-electron chi connectivity index (χ2n) is 11.5. The van der Waals surface area contributed by atoms with Gasteiger partial charge in [-0.25, -0.2) is 9.59 Å². The number of allylic oxidation sites excluding steroid dienone is 2. The minimum atomic E-state index is -0.891. The summed E-state index contributed by atoms with van der Waals surface area (Å²) in [4.78, 5) is 25.1. The first-order valence-corrected chi connectivity index (χ1v) is 16.6. The molecule has 3 unspecified atom stereocenters. The molecular weight excluding hydrogens is 548 g/mol. The molecule has 1 aliphatic heterocycles. The molecule has 3 atom stereocenters. The van der Waals surface area contributed by atoms with Gasteiger partial charge in [-0.2, -0.15) is 0 Å². The van der Waals surface area contributed by atoms with E-state index in [9.17, 15) is 9.59 Å². The van der Waals surface area contributed by atoms with E-state index in [-0.39, 0.29) is 23.6 Å². The van der Waals surface area contributed by atoms with Crippen molar-refractivity contribution >= 4 is 12.1 Å². The number of amides is 1. The molecule has 244 valence electrons. The maximum atomic E-state index is 12.8. The standard InChI is InChI=1S/C33H56N4O6/c1-3-5-6-7-8-9-10-11-12-13-14-15-16-17-19-23-35-33(39)41-28-29(43-30-22-26-42-36-30)27-40-32(38)31(34)37(4-2)24-20-18-21-25-37/h18,20-22,24,26,29,31H,3-17,19,23,25,27-28,34H2,1-2H3/p+1. The number of carbonyl (C=O) groups excluding carboxylic acids is 2. The molecule has 0 saturated carbocycles. The van der Waals surface area contributed by atoms with Gasteiger partial charge in [-0.05, 0) is 30.7 Å². The van der Waals surface area contributed by atoms with Crippen LogP contribution in [0.2, 0.25) is 0 Å².